The van der Waals surface area contributed by atoms with Crippen molar-refractivity contribution < 1.29 is 19.4 Å². The van der Waals surface area contributed by atoms with Crippen LogP contribution in [0.3, 0.4) is 0 Å². The monoisotopic (exact) mass is 598 g/mol. The number of carbonyl (C=O) groups is 1. The van der Waals surface area contributed by atoms with Gasteiger partial charge < -0.3 is 14.5 Å². The molecule has 0 fully saturated rings. The fourth-order valence-corrected chi connectivity index (χ4v) is 6.29. The Labute approximate surface area is 246 Å². The Morgan fingerprint density at radius 3 is 2.59 bits per heavy atom. The fourth-order valence-electron chi connectivity index (χ4n) is 3.87. The molecule has 11 heteroatoms. The standard InChI is InChI=1S/C28H43ClN4O4S2/c1-5-32(2)20-10-21-33(3)28(34)36-25-15-13-24(14-16-25)23(17-18-29)11-7-6-8-22-38-39-27-26(31-37-35-4)12-9-19-30-27/h9,12-16,19,23,31H,5-8,10-11,17-18,20-22H2,1-4H3. The quantitative estimate of drug-likeness (QED) is 0.0549. The highest BCUT2D eigenvalue weighted by atomic mass is 35.5. The van der Waals surface area contributed by atoms with Crippen molar-refractivity contribution in [2.75, 3.05) is 58.0 Å². The zero-order valence-corrected chi connectivity index (χ0v) is 26.0. The molecule has 0 aliphatic heterocycles. The van der Waals surface area contributed by atoms with Gasteiger partial charge in [-0.2, -0.15) is 0 Å². The van der Waals surface area contributed by atoms with Crippen LogP contribution in [0.25, 0.3) is 0 Å². The van der Waals surface area contributed by atoms with Crippen molar-refractivity contribution in [3.63, 3.8) is 0 Å². The smallest absolute Gasteiger partial charge is 0.410 e. The number of unbranched alkanes of at least 4 members (excludes halogenated alkanes) is 2. The minimum absolute atomic E-state index is 0.325. The fraction of sp³-hybridized carbons (Fsp3) is 0.571. The average Bonchev–Trinajstić information content (AvgIpc) is 2.95. The van der Waals surface area contributed by atoms with Crippen LogP contribution >= 0.6 is 33.2 Å². The van der Waals surface area contributed by atoms with Crippen molar-refractivity contribution in [2.45, 2.75) is 56.4 Å². The van der Waals surface area contributed by atoms with E-state index < -0.39 is 0 Å². The van der Waals surface area contributed by atoms with Gasteiger partial charge in [0, 0.05) is 31.4 Å². The summed E-state index contributed by atoms with van der Waals surface area (Å²) in [6.45, 7) is 4.75. The van der Waals surface area contributed by atoms with Gasteiger partial charge >= 0.3 is 6.09 Å². The first-order valence-corrected chi connectivity index (χ1v) is 16.3. The van der Waals surface area contributed by atoms with Crippen molar-refractivity contribution in [1.29, 1.82) is 0 Å². The molecule has 1 aromatic carbocycles. The van der Waals surface area contributed by atoms with Gasteiger partial charge in [0.25, 0.3) is 0 Å². The van der Waals surface area contributed by atoms with Gasteiger partial charge in [0.1, 0.15) is 10.8 Å². The van der Waals surface area contributed by atoms with Crippen molar-refractivity contribution in [1.82, 2.24) is 14.8 Å². The molecule has 1 aromatic heterocycles. The summed E-state index contributed by atoms with van der Waals surface area (Å²) in [5.74, 6) is 2.63. The molecular weight excluding hydrogens is 556 g/mol. The summed E-state index contributed by atoms with van der Waals surface area (Å²) in [6.07, 6.45) is 7.80. The van der Waals surface area contributed by atoms with Gasteiger partial charge in [-0.15, -0.1) is 16.6 Å². The Morgan fingerprint density at radius 1 is 1.08 bits per heavy atom. The van der Waals surface area contributed by atoms with E-state index in [4.69, 9.17) is 21.3 Å². The molecule has 8 nitrogen and oxygen atoms in total. The summed E-state index contributed by atoms with van der Waals surface area (Å²) in [5, 5.41) is 0.863. The summed E-state index contributed by atoms with van der Waals surface area (Å²) in [7, 11) is 8.72. The van der Waals surface area contributed by atoms with Gasteiger partial charge in [0.05, 0.1) is 12.8 Å². The molecule has 1 amide bonds. The third kappa shape index (κ3) is 13.5. The van der Waals surface area contributed by atoms with Crippen molar-refractivity contribution >= 4 is 45.0 Å². The van der Waals surface area contributed by atoms with Gasteiger partial charge in [-0.25, -0.2) is 20.1 Å². The number of amides is 1. The van der Waals surface area contributed by atoms with E-state index in [-0.39, 0.29) is 6.09 Å². The molecule has 1 unspecified atom stereocenters. The van der Waals surface area contributed by atoms with Crippen LogP contribution in [0.5, 0.6) is 5.75 Å². The van der Waals surface area contributed by atoms with Crippen LogP contribution in [0.1, 0.15) is 56.9 Å². The van der Waals surface area contributed by atoms with Gasteiger partial charge in [-0.3, -0.25) is 0 Å². The second-order valence-corrected chi connectivity index (χ2v) is 12.0. The van der Waals surface area contributed by atoms with Gasteiger partial charge in [0.2, 0.25) is 0 Å². The second kappa shape index (κ2) is 20.2. The molecule has 0 aliphatic carbocycles. The molecule has 0 bridgehead atoms. The van der Waals surface area contributed by atoms with E-state index in [0.29, 0.717) is 24.1 Å². The zero-order chi connectivity index (χ0) is 28.3. The van der Waals surface area contributed by atoms with Crippen LogP contribution in [-0.2, 0) is 9.88 Å². The molecule has 0 saturated heterocycles. The number of nitrogens with one attached hydrogen (secondary N) is 1. The van der Waals surface area contributed by atoms with Gasteiger partial charge in [-0.1, -0.05) is 42.7 Å². The normalized spacial score (nSPS) is 11.9. The number of hydrogen-bond donors (Lipinski definition) is 1. The number of alkyl halides is 1. The Hall–Kier alpha value is -1.69. The number of ether oxygens (including phenoxy) is 1. The number of hydrogen-bond acceptors (Lipinski definition) is 9. The molecule has 0 aliphatic rings. The first kappa shape index (κ1) is 33.5. The minimum Gasteiger partial charge on any atom is -0.410 e. The molecule has 0 spiro atoms. The molecule has 218 valence electrons. The lowest BCUT2D eigenvalue weighted by atomic mass is 9.91. The Morgan fingerprint density at radius 2 is 1.87 bits per heavy atom. The first-order chi connectivity index (χ1) is 19.0. The van der Waals surface area contributed by atoms with E-state index in [9.17, 15) is 4.79 Å². The van der Waals surface area contributed by atoms with E-state index in [0.717, 1.165) is 68.1 Å². The Balaban J connectivity index is 1.71. The Bertz CT molecular complexity index is 942. The van der Waals surface area contributed by atoms with Gasteiger partial charge in [0.15, 0.2) is 0 Å². The minimum atomic E-state index is -0.325. The van der Waals surface area contributed by atoms with Crippen LogP contribution in [-0.4, -0.2) is 73.3 Å². The van der Waals surface area contributed by atoms with Crippen LogP contribution in [0.2, 0.25) is 0 Å². The molecule has 0 radical (unpaired) electrons. The van der Waals surface area contributed by atoms with Crippen LogP contribution in [0.4, 0.5) is 10.5 Å². The highest BCUT2D eigenvalue weighted by Crippen LogP contribution is 2.35. The predicted molar refractivity (Wildman–Crippen MR) is 164 cm³/mol. The lowest BCUT2D eigenvalue weighted by Crippen LogP contribution is -2.32. The number of nitrogens with zero attached hydrogens (tertiary/aromatic N) is 3. The van der Waals surface area contributed by atoms with Gasteiger partial charge in [-0.05, 0) is 92.4 Å². The largest absolute Gasteiger partial charge is 0.414 e. The molecule has 2 rings (SSSR count). The lowest BCUT2D eigenvalue weighted by molar-refractivity contribution is -0.248. The van der Waals surface area contributed by atoms with E-state index in [2.05, 4.69) is 46.4 Å². The van der Waals surface area contributed by atoms with Crippen molar-refractivity contribution in [2.24, 2.45) is 0 Å². The Kier molecular flexibility index (Phi) is 17.4. The number of anilines is 1. The van der Waals surface area contributed by atoms with E-state index in [1.165, 1.54) is 12.7 Å². The third-order valence-electron chi connectivity index (χ3n) is 6.32. The summed E-state index contributed by atoms with van der Waals surface area (Å²) in [6, 6.07) is 11.7. The summed E-state index contributed by atoms with van der Waals surface area (Å²) in [5.41, 5.74) is 4.76. The number of aromatic nitrogens is 1. The van der Waals surface area contributed by atoms with E-state index in [1.807, 2.05) is 24.3 Å². The number of benzene rings is 1. The van der Waals surface area contributed by atoms with Crippen LogP contribution in [0, 0.1) is 0 Å². The van der Waals surface area contributed by atoms with Crippen LogP contribution in [0.15, 0.2) is 47.6 Å². The zero-order valence-electron chi connectivity index (χ0n) is 23.6. The molecule has 0 saturated carbocycles. The van der Waals surface area contributed by atoms with Crippen LogP contribution < -0.4 is 10.2 Å². The summed E-state index contributed by atoms with van der Waals surface area (Å²) in [4.78, 5) is 30.1. The molecular formula is C28H43ClN4O4S2. The maximum Gasteiger partial charge on any atom is 0.414 e. The number of halogens is 1. The molecule has 1 N–H and O–H groups in total. The highest BCUT2D eigenvalue weighted by Gasteiger charge is 2.14. The summed E-state index contributed by atoms with van der Waals surface area (Å²) < 4.78 is 5.57. The number of carbonyl (C=O) groups excluding carboxylic acids is 1. The lowest BCUT2D eigenvalue weighted by Gasteiger charge is -2.20. The third-order valence-corrected chi connectivity index (χ3v) is 8.93. The molecule has 2 aromatic rings. The maximum atomic E-state index is 12.4. The van der Waals surface area contributed by atoms with Crippen molar-refractivity contribution in [3.8, 4) is 5.75 Å². The van der Waals surface area contributed by atoms with Crippen molar-refractivity contribution in [3.05, 3.63) is 48.2 Å². The van der Waals surface area contributed by atoms with E-state index in [1.54, 1.807) is 39.7 Å². The van der Waals surface area contributed by atoms with E-state index >= 15 is 0 Å². The number of rotatable bonds is 20. The molecule has 1 heterocycles. The molecule has 1 atom stereocenters. The first-order valence-electron chi connectivity index (χ1n) is 13.5. The second-order valence-electron chi connectivity index (χ2n) is 9.25. The topological polar surface area (TPSA) is 76.2 Å². The highest BCUT2D eigenvalue weighted by molar-refractivity contribution is 8.76. The summed E-state index contributed by atoms with van der Waals surface area (Å²) >= 11 is 6.12. The SMILES string of the molecule is CCN(C)CCCN(C)C(=O)Oc1ccc(C(CCCl)CCCCCSSc2ncccc2NOOC)cc1. The molecule has 39 heavy (non-hydrogen) atoms. The predicted octanol–water partition coefficient (Wildman–Crippen LogP) is 7.47. The maximum absolute atomic E-state index is 12.4. The number of pyridine rings is 1. The average molecular weight is 599 g/mol.